The van der Waals surface area contributed by atoms with Gasteiger partial charge in [0.15, 0.2) is 0 Å². The lowest BCUT2D eigenvalue weighted by molar-refractivity contribution is -0.117. The monoisotopic (exact) mass is 374 g/mol. The van der Waals surface area contributed by atoms with Crippen LogP contribution in [0.25, 0.3) is 0 Å². The van der Waals surface area contributed by atoms with Crippen molar-refractivity contribution in [3.05, 3.63) is 55.1 Å². The number of hydrogen-bond donors (Lipinski definition) is 2. The molecule has 2 amide bonds. The summed E-state index contributed by atoms with van der Waals surface area (Å²) in [5, 5.41) is 5.47. The van der Waals surface area contributed by atoms with Gasteiger partial charge in [-0.1, -0.05) is 25.3 Å². The summed E-state index contributed by atoms with van der Waals surface area (Å²) in [6.07, 6.45) is 6.05. The summed E-state index contributed by atoms with van der Waals surface area (Å²) in [5.41, 5.74) is 1.09. The fraction of sp³-hybridized carbons (Fsp3) is 0.429. The van der Waals surface area contributed by atoms with Gasteiger partial charge in [-0.05, 0) is 55.5 Å². The highest BCUT2D eigenvalue weighted by Crippen LogP contribution is 2.13. The van der Waals surface area contributed by atoms with Crippen LogP contribution < -0.4 is 15.4 Å². The van der Waals surface area contributed by atoms with Crippen molar-refractivity contribution in [3.8, 4) is 5.75 Å². The number of hydrogen-bond acceptors (Lipinski definition) is 4. The van der Waals surface area contributed by atoms with Crippen LogP contribution in [0.1, 0.15) is 31.2 Å². The Morgan fingerprint density at radius 2 is 1.41 bits per heavy atom. The molecule has 0 bridgehead atoms. The molecule has 27 heavy (non-hydrogen) atoms. The molecule has 0 radical (unpaired) electrons. The highest BCUT2D eigenvalue weighted by atomic mass is 16.5. The second-order valence-electron chi connectivity index (χ2n) is 5.95. The maximum absolute atomic E-state index is 11.0. The van der Waals surface area contributed by atoms with Gasteiger partial charge in [0.1, 0.15) is 5.75 Å². The van der Waals surface area contributed by atoms with Crippen molar-refractivity contribution >= 4 is 11.8 Å². The van der Waals surface area contributed by atoms with Crippen molar-refractivity contribution < 1.29 is 19.1 Å². The van der Waals surface area contributed by atoms with Gasteiger partial charge in [0.05, 0.1) is 13.2 Å². The van der Waals surface area contributed by atoms with Crippen LogP contribution in [0.2, 0.25) is 0 Å². The molecule has 0 heterocycles. The summed E-state index contributed by atoms with van der Waals surface area (Å²) in [6.45, 7) is 9.91. The Balaban J connectivity index is 2.05. The van der Waals surface area contributed by atoms with Gasteiger partial charge in [-0.25, -0.2) is 0 Å². The van der Waals surface area contributed by atoms with E-state index in [2.05, 4.69) is 23.8 Å². The number of carbonyl (C=O) groups is 2. The van der Waals surface area contributed by atoms with Crippen LogP contribution in [0.15, 0.2) is 49.6 Å². The predicted octanol–water partition coefficient (Wildman–Crippen LogP) is 2.75. The molecular formula is C21H30N2O4. The molecule has 6 heteroatoms. The van der Waals surface area contributed by atoms with E-state index in [-0.39, 0.29) is 11.8 Å². The van der Waals surface area contributed by atoms with Gasteiger partial charge < -0.3 is 20.1 Å². The number of carbonyl (C=O) groups excluding carboxylic acids is 2. The van der Waals surface area contributed by atoms with Gasteiger partial charge in [-0.2, -0.15) is 0 Å². The van der Waals surface area contributed by atoms with Crippen molar-refractivity contribution in [2.45, 2.75) is 32.3 Å². The smallest absolute Gasteiger partial charge is 0.243 e. The third kappa shape index (κ3) is 11.6. The van der Waals surface area contributed by atoms with Gasteiger partial charge in [0, 0.05) is 19.7 Å². The summed E-state index contributed by atoms with van der Waals surface area (Å²) in [7, 11) is 0. The molecular weight excluding hydrogens is 344 g/mol. The minimum Gasteiger partial charge on any atom is -0.494 e. The van der Waals surface area contributed by atoms with Crippen molar-refractivity contribution in [1.82, 2.24) is 10.6 Å². The summed E-state index contributed by atoms with van der Waals surface area (Å²) >= 11 is 0. The first-order valence-corrected chi connectivity index (χ1v) is 9.25. The molecule has 148 valence electrons. The second-order valence-corrected chi connectivity index (χ2v) is 5.95. The lowest BCUT2D eigenvalue weighted by Crippen LogP contribution is -2.22. The normalized spacial score (nSPS) is 10.1. The number of nitrogens with one attached hydrogen (secondary N) is 2. The Morgan fingerprint density at radius 1 is 0.852 bits per heavy atom. The van der Waals surface area contributed by atoms with E-state index in [1.807, 2.05) is 24.3 Å². The minimum atomic E-state index is -0.145. The van der Waals surface area contributed by atoms with Crippen molar-refractivity contribution in [3.63, 3.8) is 0 Å². The lowest BCUT2D eigenvalue weighted by atomic mass is 10.2. The largest absolute Gasteiger partial charge is 0.494 e. The molecule has 1 aromatic carbocycles. The van der Waals surface area contributed by atoms with E-state index in [1.54, 1.807) is 0 Å². The van der Waals surface area contributed by atoms with E-state index in [1.165, 1.54) is 12.2 Å². The summed E-state index contributed by atoms with van der Waals surface area (Å²) in [6, 6.07) is 7.85. The predicted molar refractivity (Wildman–Crippen MR) is 106 cm³/mol. The van der Waals surface area contributed by atoms with Gasteiger partial charge in [-0.3, -0.25) is 9.59 Å². The Hall–Kier alpha value is -2.60. The average Bonchev–Trinajstić information content (AvgIpc) is 2.70. The Labute approximate surface area is 161 Å². The molecule has 6 nitrogen and oxygen atoms in total. The van der Waals surface area contributed by atoms with Gasteiger partial charge in [0.25, 0.3) is 0 Å². The van der Waals surface area contributed by atoms with E-state index < -0.39 is 0 Å². The molecule has 2 N–H and O–H groups in total. The van der Waals surface area contributed by atoms with E-state index in [4.69, 9.17) is 9.47 Å². The third-order valence-corrected chi connectivity index (χ3v) is 3.72. The zero-order valence-electron chi connectivity index (χ0n) is 15.9. The van der Waals surface area contributed by atoms with Crippen molar-refractivity contribution in [2.24, 2.45) is 0 Å². The number of unbranched alkanes of at least 4 members (excludes halogenated alkanes) is 2. The molecule has 0 aliphatic heterocycles. The lowest BCUT2D eigenvalue weighted by Gasteiger charge is -2.08. The average molecular weight is 374 g/mol. The molecule has 1 aromatic rings. The van der Waals surface area contributed by atoms with Crippen LogP contribution >= 0.6 is 0 Å². The molecule has 0 saturated carbocycles. The summed E-state index contributed by atoms with van der Waals surface area (Å²) in [5.74, 6) is 0.540. The molecule has 1 rings (SSSR count). The van der Waals surface area contributed by atoms with Crippen LogP contribution in [0.3, 0.4) is 0 Å². The molecule has 0 atom stereocenters. The van der Waals surface area contributed by atoms with E-state index in [9.17, 15) is 9.59 Å². The molecule has 0 saturated heterocycles. The van der Waals surface area contributed by atoms with Crippen LogP contribution in [0.5, 0.6) is 5.75 Å². The third-order valence-electron chi connectivity index (χ3n) is 3.72. The van der Waals surface area contributed by atoms with Gasteiger partial charge in [0.2, 0.25) is 11.8 Å². The molecule has 0 unspecified atom stereocenters. The zero-order chi connectivity index (χ0) is 19.7. The second kappa shape index (κ2) is 14.6. The van der Waals surface area contributed by atoms with Crippen LogP contribution in [-0.4, -0.2) is 38.1 Å². The van der Waals surface area contributed by atoms with E-state index >= 15 is 0 Å². The highest BCUT2D eigenvalue weighted by molar-refractivity contribution is 5.87. The van der Waals surface area contributed by atoms with Crippen molar-refractivity contribution in [1.29, 1.82) is 0 Å². The first-order valence-electron chi connectivity index (χ1n) is 9.25. The molecule has 0 aliphatic rings. The van der Waals surface area contributed by atoms with E-state index in [0.29, 0.717) is 32.9 Å². The Morgan fingerprint density at radius 3 is 1.96 bits per heavy atom. The van der Waals surface area contributed by atoms with Crippen LogP contribution in [0.4, 0.5) is 0 Å². The van der Waals surface area contributed by atoms with Crippen LogP contribution in [0, 0.1) is 0 Å². The highest BCUT2D eigenvalue weighted by Gasteiger charge is 1.98. The quantitative estimate of drug-likeness (QED) is 0.366. The molecule has 0 aliphatic carbocycles. The SMILES string of the molecule is C=CC(=O)NCCCCOCc1ccc(OCCCCNC(=O)C=C)cc1. The number of ether oxygens (including phenoxy) is 2. The number of benzene rings is 1. The Bertz CT molecular complexity index is 584. The zero-order valence-corrected chi connectivity index (χ0v) is 15.9. The van der Waals surface area contributed by atoms with Gasteiger partial charge in [-0.15, -0.1) is 0 Å². The fourth-order valence-corrected chi connectivity index (χ4v) is 2.19. The standard InChI is InChI=1S/C21H30N2O4/c1-3-20(24)22-13-5-7-15-26-17-18-9-11-19(12-10-18)27-16-8-6-14-23-21(25)4-2/h3-4,9-12H,1-2,5-8,13-17H2,(H,22,24)(H,23,25). The first kappa shape index (κ1) is 22.4. The first-order chi connectivity index (χ1) is 13.2. The summed E-state index contributed by atoms with van der Waals surface area (Å²) in [4.78, 5) is 22.0. The molecule has 0 spiro atoms. The van der Waals surface area contributed by atoms with Gasteiger partial charge >= 0.3 is 0 Å². The Kier molecular flexibility index (Phi) is 12.1. The molecule has 0 fully saturated rings. The maximum Gasteiger partial charge on any atom is 0.243 e. The van der Waals surface area contributed by atoms with Crippen molar-refractivity contribution in [2.75, 3.05) is 26.3 Å². The van der Waals surface area contributed by atoms with E-state index in [0.717, 1.165) is 37.0 Å². The minimum absolute atomic E-state index is 0.141. The number of amides is 2. The number of rotatable bonds is 15. The topological polar surface area (TPSA) is 76.7 Å². The summed E-state index contributed by atoms with van der Waals surface area (Å²) < 4.78 is 11.3. The van der Waals surface area contributed by atoms with Crippen LogP contribution in [-0.2, 0) is 20.9 Å². The maximum atomic E-state index is 11.0. The fourth-order valence-electron chi connectivity index (χ4n) is 2.19. The molecule has 0 aromatic heterocycles.